The third-order valence-corrected chi connectivity index (χ3v) is 17.6. The smallest absolute Gasteiger partial charge is 0.306 e. The molecule has 2 N–H and O–H groups in total. The molecule has 0 unspecified atom stereocenters. The molecule has 6 fully saturated rings. The van der Waals surface area contributed by atoms with Crippen molar-refractivity contribution in [2.24, 2.45) is 47.3 Å². The highest BCUT2D eigenvalue weighted by atomic mass is 35.5. The largest absolute Gasteiger partial charge is 0.481 e. The Kier molecular flexibility index (Phi) is 15.2. The third kappa shape index (κ3) is 11.2. The number of carbonyl (C=O) groups is 4. The van der Waals surface area contributed by atoms with Crippen molar-refractivity contribution in [1.82, 2.24) is 10.3 Å². The van der Waals surface area contributed by atoms with Gasteiger partial charge in [0.1, 0.15) is 23.1 Å². The van der Waals surface area contributed by atoms with Crippen LogP contribution in [0.3, 0.4) is 0 Å². The van der Waals surface area contributed by atoms with Crippen LogP contribution in [0.5, 0.6) is 0 Å². The van der Waals surface area contributed by atoms with Gasteiger partial charge in [-0.2, -0.15) is 0 Å². The van der Waals surface area contributed by atoms with Gasteiger partial charge in [-0.25, -0.2) is 0 Å². The minimum absolute atomic E-state index is 0.0523. The number of halogens is 2. The van der Waals surface area contributed by atoms with Gasteiger partial charge in [-0.15, -0.1) is 0 Å². The molecule has 4 aromatic rings. The highest BCUT2D eigenvalue weighted by molar-refractivity contribution is 6.32. The second kappa shape index (κ2) is 21.1. The SMILES string of the molecule is Cc1ccc(CC(=O)[C@@H]2C[C@H](C(=O)O)C[C@H]2c2noc(C3CC(CC(C)C)C3)c2C2CC2)c(Cl)c1.Cc1ccc(CC(=O)[C@H]2C[C@H](C(=O)O)C[C@@H]2c2noc(C3CC(CC(C)C)C3)c2C2CC2)c(Cl)c1. The molecule has 70 heavy (non-hydrogen) atoms. The van der Waals surface area contributed by atoms with E-state index in [4.69, 9.17) is 32.2 Å². The van der Waals surface area contributed by atoms with Crippen LogP contribution in [0.25, 0.3) is 0 Å². The van der Waals surface area contributed by atoms with Crippen LogP contribution in [0.1, 0.15) is 209 Å². The van der Waals surface area contributed by atoms with Gasteiger partial charge in [-0.1, -0.05) is 85.5 Å². The molecule has 2 heterocycles. The van der Waals surface area contributed by atoms with Gasteiger partial charge in [0, 0.05) is 69.5 Å². The fraction of sp³-hybridized carbons (Fsp3) is 0.621. The van der Waals surface area contributed by atoms with Crippen molar-refractivity contribution in [3.63, 3.8) is 0 Å². The van der Waals surface area contributed by atoms with Crippen molar-refractivity contribution in [1.29, 1.82) is 0 Å². The van der Waals surface area contributed by atoms with E-state index in [1.54, 1.807) is 0 Å². The summed E-state index contributed by atoms with van der Waals surface area (Å²) in [5.41, 5.74) is 7.85. The Hall–Kier alpha value is -4.28. The minimum Gasteiger partial charge on any atom is -0.481 e. The van der Waals surface area contributed by atoms with Gasteiger partial charge in [0.15, 0.2) is 0 Å². The Morgan fingerprint density at radius 2 is 0.943 bits per heavy atom. The average molecular weight is 996 g/mol. The number of aliphatic carboxylic acids is 2. The topological polar surface area (TPSA) is 161 Å². The average Bonchev–Trinajstić information content (AvgIpc) is 4.08. The summed E-state index contributed by atoms with van der Waals surface area (Å²) in [5, 5.41) is 29.9. The molecular formula is C58H72Cl2N2O8. The van der Waals surface area contributed by atoms with E-state index in [9.17, 15) is 29.4 Å². The minimum atomic E-state index is -0.828. The van der Waals surface area contributed by atoms with Crippen LogP contribution in [0, 0.1) is 61.2 Å². The van der Waals surface area contributed by atoms with E-state index in [-0.39, 0.29) is 48.1 Å². The lowest BCUT2D eigenvalue weighted by Gasteiger charge is -2.35. The maximum atomic E-state index is 13.5. The first-order valence-electron chi connectivity index (χ1n) is 26.4. The number of rotatable bonds is 18. The standard InChI is InChI=1S/2C29H36ClNO4/c2*1-15(2)8-17-10-20(11-17)28-26(18-6-7-18)27(31-35-28)23-13-21(29(33)34)12-22(23)25(32)14-19-5-4-16(3)9-24(19)30/h2*4-5,9,15,17-18,20-23H,6-8,10-14H2,1-3H3,(H,33,34)/t17?,20?,21-,22+,23+;17?,20?,21-,22-,23-/m00/s1. The van der Waals surface area contributed by atoms with Gasteiger partial charge < -0.3 is 19.3 Å². The monoisotopic (exact) mass is 994 g/mol. The molecular weight excluding hydrogens is 924 g/mol. The number of carboxylic acid groups (broad SMARTS) is 2. The molecule has 0 bridgehead atoms. The first kappa shape index (κ1) is 50.7. The first-order valence-corrected chi connectivity index (χ1v) is 27.2. The number of hydrogen-bond acceptors (Lipinski definition) is 8. The van der Waals surface area contributed by atoms with E-state index in [0.29, 0.717) is 71.2 Å². The number of nitrogens with zero attached hydrogens (tertiary/aromatic N) is 2. The van der Waals surface area contributed by atoms with E-state index in [1.165, 1.54) is 24.0 Å². The van der Waals surface area contributed by atoms with Gasteiger partial charge in [-0.3, -0.25) is 19.2 Å². The molecule has 10 nitrogen and oxygen atoms in total. The van der Waals surface area contributed by atoms with Crippen molar-refractivity contribution in [2.45, 2.75) is 180 Å². The van der Waals surface area contributed by atoms with E-state index >= 15 is 0 Å². The Morgan fingerprint density at radius 3 is 1.26 bits per heavy atom. The van der Waals surface area contributed by atoms with E-state index in [2.05, 4.69) is 38.0 Å². The van der Waals surface area contributed by atoms with Crippen molar-refractivity contribution in [3.8, 4) is 0 Å². The number of carbonyl (C=O) groups excluding carboxylic acids is 2. The van der Waals surface area contributed by atoms with E-state index in [1.807, 2.05) is 50.2 Å². The molecule has 2 aromatic heterocycles. The normalized spacial score (nSPS) is 28.3. The summed E-state index contributed by atoms with van der Waals surface area (Å²) in [6.45, 7) is 13.0. The zero-order valence-corrected chi connectivity index (χ0v) is 43.4. The van der Waals surface area contributed by atoms with Crippen LogP contribution in [-0.4, -0.2) is 44.0 Å². The lowest BCUT2D eigenvalue weighted by Crippen LogP contribution is -2.24. The summed E-state index contributed by atoms with van der Waals surface area (Å²) in [6, 6.07) is 11.5. The van der Waals surface area contributed by atoms with E-state index in [0.717, 1.165) is 108 Å². The molecule has 0 spiro atoms. The van der Waals surface area contributed by atoms with E-state index < -0.39 is 23.8 Å². The Balaban J connectivity index is 0.000000174. The first-order chi connectivity index (χ1) is 33.4. The van der Waals surface area contributed by atoms with Crippen LogP contribution in [0.4, 0.5) is 0 Å². The Morgan fingerprint density at radius 1 is 0.571 bits per heavy atom. The van der Waals surface area contributed by atoms with Gasteiger partial charge in [0.2, 0.25) is 0 Å². The molecule has 10 rings (SSSR count). The second-order valence-electron chi connectivity index (χ2n) is 23.5. The van der Waals surface area contributed by atoms with Gasteiger partial charge in [-0.05, 0) is 174 Å². The summed E-state index contributed by atoms with van der Waals surface area (Å²) in [6.07, 6.45) is 13.6. The maximum Gasteiger partial charge on any atom is 0.306 e. The molecule has 2 aromatic carbocycles. The molecule has 0 aliphatic heterocycles. The predicted molar refractivity (Wildman–Crippen MR) is 270 cm³/mol. The highest BCUT2D eigenvalue weighted by Gasteiger charge is 2.50. The summed E-state index contributed by atoms with van der Waals surface area (Å²) < 4.78 is 12.0. The fourth-order valence-electron chi connectivity index (χ4n) is 13.0. The number of ketones is 2. The van der Waals surface area contributed by atoms with Gasteiger partial charge in [0.05, 0.1) is 23.2 Å². The molecule has 6 aliphatic rings. The van der Waals surface area contributed by atoms with Crippen molar-refractivity contribution >= 4 is 46.7 Å². The number of benzene rings is 2. The molecule has 0 saturated heterocycles. The second-order valence-corrected chi connectivity index (χ2v) is 24.3. The summed E-state index contributed by atoms with van der Waals surface area (Å²) in [5.74, 6) is 2.88. The number of aromatic nitrogens is 2. The lowest BCUT2D eigenvalue weighted by atomic mass is 9.69. The molecule has 0 amide bonds. The number of carboxylic acids is 2. The summed E-state index contributed by atoms with van der Waals surface area (Å²) in [7, 11) is 0. The van der Waals surface area contributed by atoms with Crippen LogP contribution < -0.4 is 0 Å². The molecule has 12 heteroatoms. The van der Waals surface area contributed by atoms with Crippen LogP contribution >= 0.6 is 23.2 Å². The van der Waals surface area contributed by atoms with Crippen LogP contribution in [0.15, 0.2) is 45.4 Å². The zero-order valence-electron chi connectivity index (χ0n) is 41.9. The quantitative estimate of drug-likeness (QED) is 0.0982. The van der Waals surface area contributed by atoms with Crippen LogP contribution in [0.2, 0.25) is 10.0 Å². The van der Waals surface area contributed by atoms with Gasteiger partial charge >= 0.3 is 11.9 Å². The van der Waals surface area contributed by atoms with Crippen LogP contribution in [-0.2, 0) is 32.0 Å². The molecule has 0 radical (unpaired) electrons. The molecule has 6 aliphatic carbocycles. The molecule has 6 saturated carbocycles. The summed E-state index contributed by atoms with van der Waals surface area (Å²) in [4.78, 5) is 51.0. The summed E-state index contributed by atoms with van der Waals surface area (Å²) >= 11 is 12.8. The van der Waals surface area contributed by atoms with Crippen molar-refractivity contribution in [2.75, 3.05) is 0 Å². The number of aryl methyl sites for hydroxylation is 2. The Labute approximate surface area is 423 Å². The Bertz CT molecular complexity index is 2400. The highest BCUT2D eigenvalue weighted by Crippen LogP contribution is 2.57. The molecule has 6 atom stereocenters. The third-order valence-electron chi connectivity index (χ3n) is 16.9. The molecule has 376 valence electrons. The number of hydrogen-bond donors (Lipinski definition) is 2. The number of Topliss-reactive ketones (excluding diaryl/α,β-unsaturated/α-hetero) is 2. The van der Waals surface area contributed by atoms with Crippen molar-refractivity contribution in [3.05, 3.63) is 103 Å². The zero-order chi connectivity index (χ0) is 49.7. The maximum absolute atomic E-state index is 13.5. The fourth-order valence-corrected chi connectivity index (χ4v) is 13.6. The predicted octanol–water partition coefficient (Wildman–Crippen LogP) is 14.1. The van der Waals surface area contributed by atoms with Crippen molar-refractivity contribution < 1.29 is 38.4 Å². The lowest BCUT2D eigenvalue weighted by molar-refractivity contribution is -0.142. The van der Waals surface area contributed by atoms with Gasteiger partial charge in [0.25, 0.3) is 0 Å².